The Hall–Kier alpha value is -1.82. The third-order valence-corrected chi connectivity index (χ3v) is 4.36. The lowest BCUT2D eigenvalue weighted by Crippen LogP contribution is -2.19. The van der Waals surface area contributed by atoms with Crippen LogP contribution in [0.4, 0.5) is 8.78 Å². The third kappa shape index (κ3) is 4.34. The number of esters is 1. The van der Waals surface area contributed by atoms with E-state index in [-0.39, 0.29) is 15.6 Å². The molecule has 0 unspecified atom stereocenters. The Morgan fingerprint density at radius 2 is 2.17 bits per heavy atom. The molecular formula is C13H8F2IN3O3S. The van der Waals surface area contributed by atoms with E-state index in [9.17, 15) is 18.4 Å². The zero-order valence-electron chi connectivity index (χ0n) is 11.5. The maximum absolute atomic E-state index is 13.6. The molecule has 1 aromatic carbocycles. The normalized spacial score (nSPS) is 18.0. The quantitative estimate of drug-likeness (QED) is 0.191. The van der Waals surface area contributed by atoms with Crippen molar-refractivity contribution in [1.82, 2.24) is 5.32 Å². The van der Waals surface area contributed by atoms with Gasteiger partial charge >= 0.3 is 5.97 Å². The fourth-order valence-corrected chi connectivity index (χ4v) is 2.74. The van der Waals surface area contributed by atoms with Gasteiger partial charge in [-0.1, -0.05) is 0 Å². The number of rotatable bonds is 3. The maximum Gasteiger partial charge on any atom is 0.331 e. The van der Waals surface area contributed by atoms with Crippen LogP contribution in [0, 0.1) is 15.2 Å². The Balaban J connectivity index is 2.16. The van der Waals surface area contributed by atoms with Crippen LogP contribution in [0.5, 0.6) is 0 Å². The summed E-state index contributed by atoms with van der Waals surface area (Å²) in [7, 11) is 1.19. The molecule has 0 aliphatic carbocycles. The molecule has 1 N–H and O–H groups in total. The topological polar surface area (TPSA) is 80.1 Å². The van der Waals surface area contributed by atoms with Crippen LogP contribution >= 0.6 is 34.4 Å². The first-order chi connectivity index (χ1) is 10.9. The zero-order valence-corrected chi connectivity index (χ0v) is 14.4. The summed E-state index contributed by atoms with van der Waals surface area (Å²) < 4.78 is 31.6. The highest BCUT2D eigenvalue weighted by molar-refractivity contribution is 14.1. The minimum atomic E-state index is -1.03. The number of nitrogens with zero attached hydrogens (tertiary/aromatic N) is 2. The Bertz CT molecular complexity index is 765. The molecule has 0 atom stereocenters. The Morgan fingerprint density at radius 3 is 2.87 bits per heavy atom. The van der Waals surface area contributed by atoms with Gasteiger partial charge in [-0.25, -0.2) is 13.6 Å². The van der Waals surface area contributed by atoms with Crippen LogP contribution in [-0.4, -0.2) is 30.4 Å². The molecule has 10 heteroatoms. The lowest BCUT2D eigenvalue weighted by Gasteiger charge is -2.00. The minimum Gasteiger partial charge on any atom is -0.466 e. The molecule has 0 spiro atoms. The number of thioether (sulfide) groups is 1. The number of benzene rings is 1. The fraction of sp³-hybridized carbons (Fsp3) is 0.0769. The van der Waals surface area contributed by atoms with Crippen molar-refractivity contribution in [2.75, 3.05) is 7.11 Å². The number of amidine groups is 1. The maximum atomic E-state index is 13.6. The van der Waals surface area contributed by atoms with Gasteiger partial charge in [0.2, 0.25) is 0 Å². The lowest BCUT2D eigenvalue weighted by atomic mass is 10.2. The molecule has 0 bridgehead atoms. The van der Waals surface area contributed by atoms with Gasteiger partial charge in [0.1, 0.15) is 0 Å². The lowest BCUT2D eigenvalue weighted by molar-refractivity contribution is -0.135. The van der Waals surface area contributed by atoms with Crippen molar-refractivity contribution in [3.63, 3.8) is 0 Å². The van der Waals surface area contributed by atoms with E-state index in [1.807, 2.05) is 22.6 Å². The van der Waals surface area contributed by atoms with Crippen molar-refractivity contribution >= 4 is 57.6 Å². The summed E-state index contributed by atoms with van der Waals surface area (Å²) in [6.45, 7) is 0. The number of ether oxygens (including phenoxy) is 1. The highest BCUT2D eigenvalue weighted by Crippen LogP contribution is 2.23. The first kappa shape index (κ1) is 17.5. The van der Waals surface area contributed by atoms with E-state index in [0.29, 0.717) is 3.57 Å². The summed E-state index contributed by atoms with van der Waals surface area (Å²) in [6, 6.07) is 2.41. The second kappa shape index (κ2) is 7.64. The van der Waals surface area contributed by atoms with E-state index in [4.69, 9.17) is 0 Å². The number of methoxy groups -OCH3 is 1. The van der Waals surface area contributed by atoms with Crippen LogP contribution in [0.1, 0.15) is 5.56 Å². The molecule has 23 heavy (non-hydrogen) atoms. The molecule has 1 heterocycles. The molecule has 1 aliphatic heterocycles. The molecule has 0 radical (unpaired) electrons. The summed E-state index contributed by atoms with van der Waals surface area (Å²) in [4.78, 5) is 22.8. The van der Waals surface area contributed by atoms with Crippen molar-refractivity contribution in [2.45, 2.75) is 0 Å². The van der Waals surface area contributed by atoms with Gasteiger partial charge in [0.25, 0.3) is 5.91 Å². The Kier molecular flexibility index (Phi) is 5.82. The smallest absolute Gasteiger partial charge is 0.331 e. The summed E-state index contributed by atoms with van der Waals surface area (Å²) in [5, 5.41) is 9.80. The van der Waals surface area contributed by atoms with Gasteiger partial charge in [-0.2, -0.15) is 5.10 Å². The number of carbonyl (C=O) groups excluding carboxylic acids is 2. The molecule has 1 saturated heterocycles. The number of amides is 1. The van der Waals surface area contributed by atoms with Crippen LogP contribution in [0.25, 0.3) is 0 Å². The molecule has 1 amide bonds. The Morgan fingerprint density at radius 1 is 1.43 bits per heavy atom. The van der Waals surface area contributed by atoms with Gasteiger partial charge in [0.15, 0.2) is 16.8 Å². The van der Waals surface area contributed by atoms with Crippen molar-refractivity contribution in [1.29, 1.82) is 0 Å². The van der Waals surface area contributed by atoms with Gasteiger partial charge < -0.3 is 4.74 Å². The summed E-state index contributed by atoms with van der Waals surface area (Å²) in [5.41, 5.74) is -0.0467. The SMILES string of the molecule is COC(=O)/C=C1/S/C(=N\N=Cc2c(I)ccc(F)c2F)NC1=O. The number of hydrogen-bond donors (Lipinski definition) is 1. The van der Waals surface area contributed by atoms with Gasteiger partial charge in [-0.15, -0.1) is 5.10 Å². The second-order valence-corrected chi connectivity index (χ2v) is 6.19. The number of carbonyl (C=O) groups is 2. The predicted octanol–water partition coefficient (Wildman–Crippen LogP) is 2.18. The van der Waals surface area contributed by atoms with Crippen molar-refractivity contribution < 1.29 is 23.1 Å². The highest BCUT2D eigenvalue weighted by Gasteiger charge is 2.25. The van der Waals surface area contributed by atoms with Crippen molar-refractivity contribution in [2.24, 2.45) is 10.2 Å². The van der Waals surface area contributed by atoms with E-state index in [2.05, 4.69) is 20.3 Å². The molecule has 6 nitrogen and oxygen atoms in total. The van der Waals surface area contributed by atoms with Gasteiger partial charge in [0.05, 0.1) is 18.2 Å². The molecule has 0 saturated carbocycles. The van der Waals surface area contributed by atoms with E-state index < -0.39 is 23.5 Å². The molecule has 1 fully saturated rings. The first-order valence-corrected chi connectivity index (χ1v) is 7.85. The van der Waals surface area contributed by atoms with Gasteiger partial charge in [0, 0.05) is 15.2 Å². The van der Waals surface area contributed by atoms with E-state index >= 15 is 0 Å². The van der Waals surface area contributed by atoms with Crippen LogP contribution in [0.15, 0.2) is 33.3 Å². The van der Waals surface area contributed by atoms with E-state index in [1.54, 1.807) is 0 Å². The zero-order chi connectivity index (χ0) is 17.0. The monoisotopic (exact) mass is 451 g/mol. The average molecular weight is 451 g/mol. The Labute approximate surface area is 147 Å². The number of halogens is 3. The van der Waals surface area contributed by atoms with Crippen LogP contribution in [-0.2, 0) is 14.3 Å². The largest absolute Gasteiger partial charge is 0.466 e. The molecular weight excluding hydrogens is 443 g/mol. The molecule has 2 rings (SSSR count). The van der Waals surface area contributed by atoms with Crippen molar-refractivity contribution in [3.05, 3.63) is 43.9 Å². The molecule has 0 aromatic heterocycles. The minimum absolute atomic E-state index is 0.0467. The third-order valence-electron chi connectivity index (χ3n) is 2.52. The van der Waals surface area contributed by atoms with Crippen LogP contribution in [0.3, 0.4) is 0 Å². The van der Waals surface area contributed by atoms with E-state index in [0.717, 1.165) is 30.1 Å². The summed E-state index contributed by atoms with van der Waals surface area (Å²) in [5.74, 6) is -3.23. The van der Waals surface area contributed by atoms with Gasteiger partial charge in [-0.05, 0) is 46.5 Å². The molecule has 1 aromatic rings. The number of nitrogens with one attached hydrogen (secondary N) is 1. The highest BCUT2D eigenvalue weighted by atomic mass is 127. The predicted molar refractivity (Wildman–Crippen MR) is 89.9 cm³/mol. The second-order valence-electron chi connectivity index (χ2n) is 3.99. The molecule has 120 valence electrons. The average Bonchev–Trinajstić information content (AvgIpc) is 2.86. The van der Waals surface area contributed by atoms with E-state index in [1.165, 1.54) is 13.2 Å². The fourth-order valence-electron chi connectivity index (χ4n) is 1.44. The van der Waals surface area contributed by atoms with Crippen LogP contribution < -0.4 is 5.32 Å². The van der Waals surface area contributed by atoms with Crippen LogP contribution in [0.2, 0.25) is 0 Å². The van der Waals surface area contributed by atoms with Crippen molar-refractivity contribution in [3.8, 4) is 0 Å². The number of hydrogen-bond acceptors (Lipinski definition) is 6. The van der Waals surface area contributed by atoms with Gasteiger partial charge in [-0.3, -0.25) is 10.1 Å². The summed E-state index contributed by atoms with van der Waals surface area (Å²) in [6.07, 6.45) is 2.06. The summed E-state index contributed by atoms with van der Waals surface area (Å²) >= 11 is 2.71. The standard InChI is InChI=1S/C13H8F2IN3O3S/c1-22-10(20)4-9-12(21)18-13(23-9)19-17-5-6-8(16)3-2-7(14)11(6)15/h2-5H,1H3,(H,18,19,21)/b9-4+,17-5?. The molecule has 1 aliphatic rings. The first-order valence-electron chi connectivity index (χ1n) is 5.95.